The number of rotatable bonds is 3. The number of halogens is 1. The van der Waals surface area contributed by atoms with Gasteiger partial charge in [0.2, 0.25) is 0 Å². The van der Waals surface area contributed by atoms with Gasteiger partial charge in [0, 0.05) is 11.9 Å². The van der Waals surface area contributed by atoms with Crippen LogP contribution in [0.4, 0.5) is 5.69 Å². The normalized spacial score (nSPS) is 9.53. The van der Waals surface area contributed by atoms with Crippen LogP contribution >= 0.6 is 12.4 Å². The SMILES string of the molecule is Cc1cc(C)cc(NCc2ccccn2)c1.Cl. The Hall–Kier alpha value is -1.54. The molecule has 1 aromatic carbocycles. The molecule has 0 aliphatic rings. The molecule has 2 aromatic rings. The molecule has 3 heteroatoms. The minimum atomic E-state index is 0. The fourth-order valence-corrected chi connectivity index (χ4v) is 1.77. The Morgan fingerprint density at radius 2 is 1.76 bits per heavy atom. The maximum Gasteiger partial charge on any atom is 0.0594 e. The summed E-state index contributed by atoms with van der Waals surface area (Å²) in [6.07, 6.45) is 1.82. The third-order valence-corrected chi connectivity index (χ3v) is 2.42. The van der Waals surface area contributed by atoms with Crippen LogP contribution in [0.5, 0.6) is 0 Å². The topological polar surface area (TPSA) is 24.9 Å². The molecular weight excluding hydrogens is 232 g/mol. The maximum absolute atomic E-state index is 4.28. The van der Waals surface area contributed by atoms with Gasteiger partial charge in [0.25, 0.3) is 0 Å². The van der Waals surface area contributed by atoms with Crippen LogP contribution in [-0.4, -0.2) is 4.98 Å². The van der Waals surface area contributed by atoms with E-state index in [0.29, 0.717) is 0 Å². The third kappa shape index (κ3) is 4.08. The van der Waals surface area contributed by atoms with Crippen LogP contribution in [0.1, 0.15) is 16.8 Å². The summed E-state index contributed by atoms with van der Waals surface area (Å²) in [4.78, 5) is 4.28. The van der Waals surface area contributed by atoms with Crippen LogP contribution in [-0.2, 0) is 6.54 Å². The van der Waals surface area contributed by atoms with E-state index in [0.717, 1.165) is 17.9 Å². The first-order chi connectivity index (χ1) is 7.74. The predicted molar refractivity (Wildman–Crippen MR) is 74.7 cm³/mol. The summed E-state index contributed by atoms with van der Waals surface area (Å²) >= 11 is 0. The molecule has 0 aliphatic heterocycles. The Labute approximate surface area is 109 Å². The summed E-state index contributed by atoms with van der Waals surface area (Å²) in [5.74, 6) is 0. The van der Waals surface area contributed by atoms with Crippen LogP contribution in [0.2, 0.25) is 0 Å². The van der Waals surface area contributed by atoms with Gasteiger partial charge in [-0.05, 0) is 49.2 Å². The van der Waals surface area contributed by atoms with Crippen LogP contribution in [0.15, 0.2) is 42.6 Å². The number of aromatic nitrogens is 1. The summed E-state index contributed by atoms with van der Waals surface area (Å²) in [6, 6.07) is 12.4. The van der Waals surface area contributed by atoms with Gasteiger partial charge in [0.1, 0.15) is 0 Å². The van der Waals surface area contributed by atoms with Crippen molar-refractivity contribution < 1.29 is 0 Å². The number of pyridine rings is 1. The summed E-state index contributed by atoms with van der Waals surface area (Å²) in [5, 5.41) is 3.38. The first-order valence-electron chi connectivity index (χ1n) is 5.46. The van der Waals surface area contributed by atoms with E-state index in [-0.39, 0.29) is 12.4 Å². The molecule has 0 aliphatic carbocycles. The first kappa shape index (κ1) is 13.5. The van der Waals surface area contributed by atoms with E-state index in [1.807, 2.05) is 24.4 Å². The van der Waals surface area contributed by atoms with Crippen LogP contribution in [0.3, 0.4) is 0 Å². The van der Waals surface area contributed by atoms with Gasteiger partial charge in [-0.1, -0.05) is 12.1 Å². The van der Waals surface area contributed by atoms with Gasteiger partial charge in [-0.25, -0.2) is 0 Å². The lowest BCUT2D eigenvalue weighted by Crippen LogP contribution is -2.01. The molecule has 0 saturated heterocycles. The van der Waals surface area contributed by atoms with E-state index < -0.39 is 0 Å². The molecule has 0 bridgehead atoms. The average Bonchev–Trinajstić information content (AvgIpc) is 2.27. The number of hydrogen-bond acceptors (Lipinski definition) is 2. The number of nitrogens with zero attached hydrogens (tertiary/aromatic N) is 1. The maximum atomic E-state index is 4.28. The van der Waals surface area contributed by atoms with Gasteiger partial charge < -0.3 is 5.32 Å². The Kier molecular flexibility index (Phi) is 4.98. The zero-order valence-corrected chi connectivity index (χ0v) is 10.9. The quantitative estimate of drug-likeness (QED) is 0.895. The highest BCUT2D eigenvalue weighted by molar-refractivity contribution is 5.85. The second-order valence-corrected chi connectivity index (χ2v) is 4.05. The first-order valence-corrected chi connectivity index (χ1v) is 5.46. The Morgan fingerprint density at radius 1 is 1.06 bits per heavy atom. The molecule has 1 heterocycles. The second-order valence-electron chi connectivity index (χ2n) is 4.05. The monoisotopic (exact) mass is 248 g/mol. The van der Waals surface area contributed by atoms with Crippen LogP contribution in [0.25, 0.3) is 0 Å². The smallest absolute Gasteiger partial charge is 0.0594 e. The van der Waals surface area contributed by atoms with Crippen molar-refractivity contribution in [1.29, 1.82) is 0 Å². The third-order valence-electron chi connectivity index (χ3n) is 2.42. The molecule has 0 saturated carbocycles. The largest absolute Gasteiger partial charge is 0.379 e. The summed E-state index contributed by atoms with van der Waals surface area (Å²) in [7, 11) is 0. The highest BCUT2D eigenvalue weighted by Crippen LogP contribution is 2.14. The Balaban J connectivity index is 0.00000144. The summed E-state index contributed by atoms with van der Waals surface area (Å²) in [6.45, 7) is 4.99. The number of anilines is 1. The zero-order chi connectivity index (χ0) is 11.4. The fourth-order valence-electron chi connectivity index (χ4n) is 1.77. The molecule has 0 atom stereocenters. The van der Waals surface area contributed by atoms with Gasteiger partial charge in [-0.15, -0.1) is 12.4 Å². The number of nitrogens with one attached hydrogen (secondary N) is 1. The summed E-state index contributed by atoms with van der Waals surface area (Å²) < 4.78 is 0. The van der Waals surface area contributed by atoms with Crippen molar-refractivity contribution in [3.8, 4) is 0 Å². The van der Waals surface area contributed by atoms with Crippen molar-refractivity contribution >= 4 is 18.1 Å². The van der Waals surface area contributed by atoms with Gasteiger partial charge >= 0.3 is 0 Å². The van der Waals surface area contributed by atoms with Crippen molar-refractivity contribution in [3.05, 3.63) is 59.4 Å². The minimum absolute atomic E-state index is 0. The molecule has 17 heavy (non-hydrogen) atoms. The average molecular weight is 249 g/mol. The Morgan fingerprint density at radius 3 is 2.35 bits per heavy atom. The molecular formula is C14H17ClN2. The molecule has 0 fully saturated rings. The van der Waals surface area contributed by atoms with Crippen LogP contribution in [0, 0.1) is 13.8 Å². The van der Waals surface area contributed by atoms with Crippen molar-refractivity contribution in [3.63, 3.8) is 0 Å². The van der Waals surface area contributed by atoms with Gasteiger partial charge in [0.05, 0.1) is 12.2 Å². The van der Waals surface area contributed by atoms with Gasteiger partial charge in [0.15, 0.2) is 0 Å². The molecule has 0 unspecified atom stereocenters. The Bertz CT molecular complexity index is 449. The molecule has 0 radical (unpaired) electrons. The minimum Gasteiger partial charge on any atom is -0.379 e. The molecule has 0 amide bonds. The highest BCUT2D eigenvalue weighted by atomic mass is 35.5. The van der Waals surface area contributed by atoms with Crippen molar-refractivity contribution in [2.24, 2.45) is 0 Å². The lowest BCUT2D eigenvalue weighted by molar-refractivity contribution is 1.04. The molecule has 1 aromatic heterocycles. The molecule has 1 N–H and O–H groups in total. The van der Waals surface area contributed by atoms with E-state index >= 15 is 0 Å². The lowest BCUT2D eigenvalue weighted by Gasteiger charge is -2.08. The van der Waals surface area contributed by atoms with Gasteiger partial charge in [-0.3, -0.25) is 4.98 Å². The van der Waals surface area contributed by atoms with Crippen molar-refractivity contribution in [2.75, 3.05) is 5.32 Å². The highest BCUT2D eigenvalue weighted by Gasteiger charge is 1.96. The van der Waals surface area contributed by atoms with E-state index in [9.17, 15) is 0 Å². The number of benzene rings is 1. The van der Waals surface area contributed by atoms with Gasteiger partial charge in [-0.2, -0.15) is 0 Å². The molecule has 2 nitrogen and oxygen atoms in total. The van der Waals surface area contributed by atoms with Crippen LogP contribution < -0.4 is 5.32 Å². The van der Waals surface area contributed by atoms with E-state index in [1.165, 1.54) is 11.1 Å². The number of aryl methyl sites for hydroxylation is 2. The van der Waals surface area contributed by atoms with Crippen molar-refractivity contribution in [1.82, 2.24) is 4.98 Å². The summed E-state index contributed by atoms with van der Waals surface area (Å²) in [5.41, 5.74) is 4.77. The van der Waals surface area contributed by atoms with Crippen molar-refractivity contribution in [2.45, 2.75) is 20.4 Å². The lowest BCUT2D eigenvalue weighted by atomic mass is 10.1. The van der Waals surface area contributed by atoms with E-state index in [1.54, 1.807) is 0 Å². The standard InChI is InChI=1S/C14H16N2.ClH/c1-11-7-12(2)9-14(8-11)16-10-13-5-3-4-6-15-13;/h3-9,16H,10H2,1-2H3;1H. The number of hydrogen-bond donors (Lipinski definition) is 1. The zero-order valence-electron chi connectivity index (χ0n) is 10.1. The fraction of sp³-hybridized carbons (Fsp3) is 0.214. The second kappa shape index (κ2) is 6.26. The predicted octanol–water partition coefficient (Wildman–Crippen LogP) is 3.73. The van der Waals surface area contributed by atoms with E-state index in [4.69, 9.17) is 0 Å². The van der Waals surface area contributed by atoms with E-state index in [2.05, 4.69) is 42.3 Å². The molecule has 0 spiro atoms. The molecule has 2 rings (SSSR count). The molecule has 90 valence electrons.